The summed E-state index contributed by atoms with van der Waals surface area (Å²) in [6.07, 6.45) is 0. The number of halogens is 1. The molecule has 2 aromatic carbocycles. The van der Waals surface area contributed by atoms with Crippen molar-refractivity contribution in [3.05, 3.63) is 59.6 Å². The molecule has 3 aromatic rings. The first kappa shape index (κ1) is 13.6. The lowest BCUT2D eigenvalue weighted by atomic mass is 10.1. The van der Waals surface area contributed by atoms with Gasteiger partial charge in [-0.15, -0.1) is 0 Å². The molecule has 1 N–H and O–H groups in total. The molecule has 104 valence electrons. The minimum absolute atomic E-state index is 0.112. The molecule has 0 spiro atoms. The van der Waals surface area contributed by atoms with E-state index in [1.807, 2.05) is 54.6 Å². The summed E-state index contributed by atoms with van der Waals surface area (Å²) < 4.78 is 0. The normalized spacial score (nSPS) is 10.6. The van der Waals surface area contributed by atoms with E-state index >= 15 is 0 Å². The number of hydrogen-bond acceptors (Lipinski definition) is 2. The van der Waals surface area contributed by atoms with Gasteiger partial charge in [0.2, 0.25) is 5.91 Å². The molecule has 0 aliphatic rings. The number of anilines is 1. The van der Waals surface area contributed by atoms with Gasteiger partial charge in [-0.05, 0) is 24.3 Å². The first-order valence-electron chi connectivity index (χ1n) is 6.57. The van der Waals surface area contributed by atoms with Gasteiger partial charge in [0.25, 0.3) is 0 Å². The minimum atomic E-state index is -0.112. The van der Waals surface area contributed by atoms with Gasteiger partial charge < -0.3 is 5.32 Å². The lowest BCUT2D eigenvalue weighted by Gasteiger charge is -2.08. The van der Waals surface area contributed by atoms with Gasteiger partial charge in [-0.3, -0.25) is 4.79 Å². The summed E-state index contributed by atoms with van der Waals surface area (Å²) in [6, 6.07) is 17.3. The molecule has 1 aromatic heterocycles. The van der Waals surface area contributed by atoms with E-state index in [9.17, 15) is 4.79 Å². The van der Waals surface area contributed by atoms with E-state index in [0.29, 0.717) is 10.7 Å². The van der Waals surface area contributed by atoms with Crippen LogP contribution in [0.2, 0.25) is 5.02 Å². The van der Waals surface area contributed by atoms with Crippen LogP contribution in [0.15, 0.2) is 54.6 Å². The first-order valence-corrected chi connectivity index (χ1v) is 6.94. The fourth-order valence-corrected chi connectivity index (χ4v) is 2.48. The second kappa shape index (κ2) is 5.54. The van der Waals surface area contributed by atoms with Gasteiger partial charge in [0.05, 0.1) is 16.2 Å². The third kappa shape index (κ3) is 2.88. The number of nitrogens with zero attached hydrogens (tertiary/aromatic N) is 1. The zero-order valence-electron chi connectivity index (χ0n) is 11.4. The number of hydrogen-bond donors (Lipinski definition) is 1. The van der Waals surface area contributed by atoms with Gasteiger partial charge in [0.15, 0.2) is 0 Å². The number of benzene rings is 2. The average Bonchev–Trinajstić information content (AvgIpc) is 2.48. The quantitative estimate of drug-likeness (QED) is 0.756. The van der Waals surface area contributed by atoms with Crippen LogP contribution in [0, 0.1) is 0 Å². The Labute approximate surface area is 127 Å². The Bertz CT molecular complexity index is 816. The van der Waals surface area contributed by atoms with Gasteiger partial charge in [0.1, 0.15) is 0 Å². The molecule has 0 radical (unpaired) electrons. The van der Waals surface area contributed by atoms with E-state index < -0.39 is 0 Å². The van der Waals surface area contributed by atoms with Crippen LogP contribution >= 0.6 is 11.6 Å². The smallest absolute Gasteiger partial charge is 0.221 e. The number of aromatic nitrogens is 1. The molecule has 3 nitrogen and oxygen atoms in total. The number of fused-ring (bicyclic) bond motifs is 1. The van der Waals surface area contributed by atoms with E-state index in [1.165, 1.54) is 6.92 Å². The van der Waals surface area contributed by atoms with Crippen LogP contribution in [-0.4, -0.2) is 10.9 Å². The average molecular weight is 297 g/mol. The highest BCUT2D eigenvalue weighted by Crippen LogP contribution is 2.29. The summed E-state index contributed by atoms with van der Waals surface area (Å²) in [7, 11) is 0. The number of amides is 1. The van der Waals surface area contributed by atoms with Crippen molar-refractivity contribution in [2.75, 3.05) is 5.32 Å². The Morgan fingerprint density at radius 2 is 1.86 bits per heavy atom. The zero-order chi connectivity index (χ0) is 14.8. The minimum Gasteiger partial charge on any atom is -0.326 e. The Morgan fingerprint density at radius 3 is 2.57 bits per heavy atom. The molecule has 0 aliphatic heterocycles. The molecule has 3 rings (SSSR count). The van der Waals surface area contributed by atoms with Crippen LogP contribution in [0.1, 0.15) is 6.92 Å². The molecule has 0 aliphatic carbocycles. The predicted molar refractivity (Wildman–Crippen MR) is 86.5 cm³/mol. The summed E-state index contributed by atoms with van der Waals surface area (Å²) >= 11 is 6.37. The Balaban J connectivity index is 2.11. The molecule has 21 heavy (non-hydrogen) atoms. The molecule has 0 saturated carbocycles. The van der Waals surface area contributed by atoms with Crippen molar-refractivity contribution in [2.45, 2.75) is 6.92 Å². The topological polar surface area (TPSA) is 42.0 Å². The highest BCUT2D eigenvalue weighted by atomic mass is 35.5. The van der Waals surface area contributed by atoms with Crippen molar-refractivity contribution in [2.24, 2.45) is 0 Å². The summed E-state index contributed by atoms with van der Waals surface area (Å²) in [5.41, 5.74) is 3.37. The fraction of sp³-hybridized carbons (Fsp3) is 0.0588. The van der Waals surface area contributed by atoms with Crippen LogP contribution in [-0.2, 0) is 4.79 Å². The van der Waals surface area contributed by atoms with E-state index in [-0.39, 0.29) is 5.91 Å². The molecule has 1 heterocycles. The largest absolute Gasteiger partial charge is 0.326 e. The SMILES string of the molecule is CC(=O)Nc1ccc2nc(-c3ccccc3)cc(Cl)c2c1. The number of nitrogens with one attached hydrogen (secondary N) is 1. The standard InChI is InChI=1S/C17H13ClN2O/c1-11(21)19-13-7-8-16-14(9-13)15(18)10-17(20-16)12-5-3-2-4-6-12/h2-10H,1H3,(H,19,21). The molecule has 0 saturated heterocycles. The number of pyridine rings is 1. The maximum atomic E-state index is 11.1. The summed E-state index contributed by atoms with van der Waals surface area (Å²) in [4.78, 5) is 15.7. The third-order valence-electron chi connectivity index (χ3n) is 3.15. The van der Waals surface area contributed by atoms with Crippen molar-refractivity contribution in [3.63, 3.8) is 0 Å². The van der Waals surface area contributed by atoms with Gasteiger partial charge in [-0.25, -0.2) is 4.98 Å². The van der Waals surface area contributed by atoms with Crippen LogP contribution in [0.4, 0.5) is 5.69 Å². The molecule has 0 bridgehead atoms. The molecule has 0 unspecified atom stereocenters. The summed E-state index contributed by atoms with van der Waals surface area (Å²) in [5, 5.41) is 4.18. The predicted octanol–water partition coefficient (Wildman–Crippen LogP) is 4.51. The van der Waals surface area contributed by atoms with Crippen LogP contribution in [0.25, 0.3) is 22.2 Å². The van der Waals surface area contributed by atoms with E-state index in [0.717, 1.165) is 22.2 Å². The molecule has 0 fully saturated rings. The first-order chi connectivity index (χ1) is 10.1. The highest BCUT2D eigenvalue weighted by molar-refractivity contribution is 6.35. The van der Waals surface area contributed by atoms with Crippen molar-refractivity contribution >= 4 is 34.1 Å². The second-order valence-electron chi connectivity index (χ2n) is 4.77. The fourth-order valence-electron chi connectivity index (χ4n) is 2.22. The van der Waals surface area contributed by atoms with Crippen molar-refractivity contribution in [3.8, 4) is 11.3 Å². The van der Waals surface area contributed by atoms with E-state index in [4.69, 9.17) is 11.6 Å². The molecule has 1 amide bonds. The zero-order valence-corrected chi connectivity index (χ0v) is 12.2. The lowest BCUT2D eigenvalue weighted by Crippen LogP contribution is -2.05. The third-order valence-corrected chi connectivity index (χ3v) is 3.46. The van der Waals surface area contributed by atoms with Crippen molar-refractivity contribution in [1.82, 2.24) is 4.98 Å². The molecular weight excluding hydrogens is 284 g/mol. The Morgan fingerprint density at radius 1 is 1.10 bits per heavy atom. The molecule has 4 heteroatoms. The summed E-state index contributed by atoms with van der Waals surface area (Å²) in [5.74, 6) is -0.112. The van der Waals surface area contributed by atoms with Crippen molar-refractivity contribution in [1.29, 1.82) is 0 Å². The number of carbonyl (C=O) groups excluding carboxylic acids is 1. The molecular formula is C17H13ClN2O. The van der Waals surface area contributed by atoms with E-state index in [1.54, 1.807) is 0 Å². The van der Waals surface area contributed by atoms with Gasteiger partial charge >= 0.3 is 0 Å². The Hall–Kier alpha value is -2.39. The van der Waals surface area contributed by atoms with Gasteiger partial charge in [-0.2, -0.15) is 0 Å². The molecule has 0 atom stereocenters. The van der Waals surface area contributed by atoms with Gasteiger partial charge in [-0.1, -0.05) is 41.9 Å². The monoisotopic (exact) mass is 296 g/mol. The Kier molecular flexibility index (Phi) is 3.59. The number of carbonyl (C=O) groups is 1. The summed E-state index contributed by atoms with van der Waals surface area (Å²) in [6.45, 7) is 1.47. The lowest BCUT2D eigenvalue weighted by molar-refractivity contribution is -0.114. The van der Waals surface area contributed by atoms with Crippen LogP contribution in [0.5, 0.6) is 0 Å². The highest BCUT2D eigenvalue weighted by Gasteiger charge is 2.07. The van der Waals surface area contributed by atoms with Crippen molar-refractivity contribution < 1.29 is 4.79 Å². The number of rotatable bonds is 2. The second-order valence-corrected chi connectivity index (χ2v) is 5.18. The maximum Gasteiger partial charge on any atom is 0.221 e. The van der Waals surface area contributed by atoms with Crippen LogP contribution < -0.4 is 5.32 Å². The van der Waals surface area contributed by atoms with Gasteiger partial charge in [0, 0.05) is 23.6 Å². The van der Waals surface area contributed by atoms with E-state index in [2.05, 4.69) is 10.3 Å². The van der Waals surface area contributed by atoms with Crippen LogP contribution in [0.3, 0.4) is 0 Å². The maximum absolute atomic E-state index is 11.1.